The molecular weight excluding hydrogens is 220 g/mol. The van der Waals surface area contributed by atoms with Crippen LogP contribution in [0.3, 0.4) is 0 Å². The predicted octanol–water partition coefficient (Wildman–Crippen LogP) is 1.22. The highest BCUT2D eigenvalue weighted by atomic mass is 16.5. The summed E-state index contributed by atoms with van der Waals surface area (Å²) in [4.78, 5) is 15.1. The maximum atomic E-state index is 11.0. The Morgan fingerprint density at radius 3 is 3.00 bits per heavy atom. The molecule has 0 aliphatic rings. The van der Waals surface area contributed by atoms with Crippen LogP contribution in [0.25, 0.3) is 0 Å². The Balaban J connectivity index is 2.08. The Kier molecular flexibility index (Phi) is 6.03. The normalized spacial score (nSPS) is 10.2. The number of rotatable bonds is 7. The molecule has 1 aromatic rings. The van der Waals surface area contributed by atoms with Crippen LogP contribution in [-0.2, 0) is 16.1 Å². The molecule has 0 saturated heterocycles. The molecule has 0 aliphatic carbocycles. The zero-order valence-corrected chi connectivity index (χ0v) is 9.98. The second kappa shape index (κ2) is 7.62. The van der Waals surface area contributed by atoms with Crippen LogP contribution in [0.5, 0.6) is 5.75 Å². The summed E-state index contributed by atoms with van der Waals surface area (Å²) in [7, 11) is 0. The van der Waals surface area contributed by atoms with Gasteiger partial charge >= 0.3 is 5.97 Å². The Morgan fingerprint density at radius 2 is 2.35 bits per heavy atom. The molecule has 0 bridgehead atoms. The Bertz CT molecular complexity index is 338. The van der Waals surface area contributed by atoms with Gasteiger partial charge in [0.15, 0.2) is 0 Å². The third kappa shape index (κ3) is 5.87. The van der Waals surface area contributed by atoms with E-state index >= 15 is 0 Å². The van der Waals surface area contributed by atoms with Gasteiger partial charge in [0.25, 0.3) is 0 Å². The number of hydrogen-bond donors (Lipinski definition) is 2. The van der Waals surface area contributed by atoms with Gasteiger partial charge in [-0.2, -0.15) is 0 Å². The Morgan fingerprint density at radius 1 is 1.53 bits per heavy atom. The minimum absolute atomic E-state index is 0.156. The van der Waals surface area contributed by atoms with Gasteiger partial charge in [-0.15, -0.1) is 0 Å². The van der Waals surface area contributed by atoms with Gasteiger partial charge in [-0.1, -0.05) is 0 Å². The van der Waals surface area contributed by atoms with Crippen LogP contribution in [0.2, 0.25) is 0 Å². The molecule has 1 heterocycles. The lowest BCUT2D eigenvalue weighted by molar-refractivity contribution is -0.143. The highest BCUT2D eigenvalue weighted by Gasteiger charge is 2.00. The molecule has 0 aromatic carbocycles. The first-order valence-electron chi connectivity index (χ1n) is 5.72. The van der Waals surface area contributed by atoms with Crippen molar-refractivity contribution in [3.05, 3.63) is 24.0 Å². The minimum Gasteiger partial charge on any atom is -0.506 e. The number of pyridine rings is 1. The highest BCUT2D eigenvalue weighted by molar-refractivity contribution is 5.69. The average molecular weight is 238 g/mol. The van der Waals surface area contributed by atoms with Crippen molar-refractivity contribution in [2.75, 3.05) is 13.2 Å². The number of aromatic hydroxyl groups is 1. The van der Waals surface area contributed by atoms with Crippen LogP contribution < -0.4 is 5.32 Å². The van der Waals surface area contributed by atoms with E-state index in [1.54, 1.807) is 19.1 Å². The van der Waals surface area contributed by atoms with Crippen molar-refractivity contribution in [3.8, 4) is 5.75 Å². The first-order chi connectivity index (χ1) is 8.22. The summed E-state index contributed by atoms with van der Waals surface area (Å²) in [6.07, 6.45) is 2.59. The number of nitrogens with zero attached hydrogens (tertiary/aromatic N) is 1. The first-order valence-corrected chi connectivity index (χ1v) is 5.72. The summed E-state index contributed by atoms with van der Waals surface area (Å²) in [6, 6.07) is 3.36. The lowest BCUT2D eigenvalue weighted by Gasteiger charge is -2.04. The van der Waals surface area contributed by atoms with Gasteiger partial charge in [0.1, 0.15) is 5.75 Å². The number of carbonyl (C=O) groups excluding carboxylic acids is 1. The van der Waals surface area contributed by atoms with Crippen LogP contribution in [0.15, 0.2) is 18.3 Å². The van der Waals surface area contributed by atoms with Crippen molar-refractivity contribution in [1.29, 1.82) is 0 Å². The van der Waals surface area contributed by atoms with Gasteiger partial charge in [-0.25, -0.2) is 0 Å². The summed E-state index contributed by atoms with van der Waals surface area (Å²) in [6.45, 7) is 3.60. The fraction of sp³-hybridized carbons (Fsp3) is 0.500. The van der Waals surface area contributed by atoms with Crippen molar-refractivity contribution >= 4 is 5.97 Å². The van der Waals surface area contributed by atoms with Gasteiger partial charge < -0.3 is 15.2 Å². The van der Waals surface area contributed by atoms with Crippen LogP contribution >= 0.6 is 0 Å². The van der Waals surface area contributed by atoms with Crippen molar-refractivity contribution in [2.45, 2.75) is 26.3 Å². The molecule has 0 unspecified atom stereocenters. The fourth-order valence-corrected chi connectivity index (χ4v) is 1.33. The molecule has 0 fully saturated rings. The summed E-state index contributed by atoms with van der Waals surface area (Å²) in [5.41, 5.74) is 0.860. The molecule has 0 radical (unpaired) electrons. The third-order valence-corrected chi connectivity index (χ3v) is 2.16. The number of esters is 1. The van der Waals surface area contributed by atoms with E-state index in [9.17, 15) is 4.79 Å². The molecule has 1 rings (SSSR count). The molecule has 0 aliphatic heterocycles. The van der Waals surface area contributed by atoms with E-state index in [2.05, 4.69) is 10.3 Å². The molecule has 1 aromatic heterocycles. The number of carbonyl (C=O) groups is 1. The third-order valence-electron chi connectivity index (χ3n) is 2.16. The van der Waals surface area contributed by atoms with Gasteiger partial charge in [0, 0.05) is 13.0 Å². The highest BCUT2D eigenvalue weighted by Crippen LogP contribution is 2.05. The van der Waals surface area contributed by atoms with E-state index in [-0.39, 0.29) is 11.7 Å². The number of nitrogens with one attached hydrogen (secondary N) is 1. The molecule has 2 N–H and O–H groups in total. The smallest absolute Gasteiger partial charge is 0.305 e. The largest absolute Gasteiger partial charge is 0.506 e. The molecule has 5 nitrogen and oxygen atoms in total. The van der Waals surface area contributed by atoms with Crippen molar-refractivity contribution in [3.63, 3.8) is 0 Å². The molecule has 0 spiro atoms. The van der Waals surface area contributed by atoms with E-state index in [0.717, 1.165) is 18.7 Å². The monoisotopic (exact) mass is 238 g/mol. The summed E-state index contributed by atoms with van der Waals surface area (Å²) < 4.78 is 4.81. The molecule has 0 saturated carbocycles. The summed E-state index contributed by atoms with van der Waals surface area (Å²) in [5.74, 6) is 0.00752. The zero-order chi connectivity index (χ0) is 12.5. The molecule has 0 atom stereocenters. The van der Waals surface area contributed by atoms with Crippen molar-refractivity contribution in [1.82, 2.24) is 10.3 Å². The molecule has 17 heavy (non-hydrogen) atoms. The first kappa shape index (κ1) is 13.4. The summed E-state index contributed by atoms with van der Waals surface area (Å²) >= 11 is 0. The SMILES string of the molecule is CCOC(=O)CCCNCc1ccc(O)cn1. The second-order valence-corrected chi connectivity index (χ2v) is 3.59. The summed E-state index contributed by atoms with van der Waals surface area (Å²) in [5, 5.41) is 12.2. The van der Waals surface area contributed by atoms with Crippen molar-refractivity contribution in [2.24, 2.45) is 0 Å². The van der Waals surface area contributed by atoms with Crippen LogP contribution in [-0.4, -0.2) is 29.2 Å². The topological polar surface area (TPSA) is 71.5 Å². The van der Waals surface area contributed by atoms with Crippen LogP contribution in [0.1, 0.15) is 25.5 Å². The fourth-order valence-electron chi connectivity index (χ4n) is 1.33. The average Bonchev–Trinajstić information content (AvgIpc) is 2.31. The lowest BCUT2D eigenvalue weighted by Crippen LogP contribution is -2.17. The number of ether oxygens (including phenoxy) is 1. The molecule has 0 amide bonds. The van der Waals surface area contributed by atoms with Crippen LogP contribution in [0.4, 0.5) is 0 Å². The number of hydrogen-bond acceptors (Lipinski definition) is 5. The van der Waals surface area contributed by atoms with E-state index in [0.29, 0.717) is 19.6 Å². The van der Waals surface area contributed by atoms with Gasteiger partial charge in [0.05, 0.1) is 18.5 Å². The van der Waals surface area contributed by atoms with Gasteiger partial charge in [0.2, 0.25) is 0 Å². The van der Waals surface area contributed by atoms with E-state index in [1.165, 1.54) is 6.20 Å². The van der Waals surface area contributed by atoms with Crippen LogP contribution in [0, 0.1) is 0 Å². The standard InChI is InChI=1S/C12H18N2O3/c1-2-17-12(16)4-3-7-13-8-10-5-6-11(15)9-14-10/h5-6,9,13,15H,2-4,7-8H2,1H3. The number of aromatic nitrogens is 1. The predicted molar refractivity (Wildman–Crippen MR) is 63.5 cm³/mol. The van der Waals surface area contributed by atoms with Crippen molar-refractivity contribution < 1.29 is 14.6 Å². The molecule has 5 heteroatoms. The van der Waals surface area contributed by atoms with E-state index < -0.39 is 0 Å². The minimum atomic E-state index is -0.156. The lowest BCUT2D eigenvalue weighted by atomic mass is 10.3. The second-order valence-electron chi connectivity index (χ2n) is 3.59. The quantitative estimate of drug-likeness (QED) is 0.552. The van der Waals surface area contributed by atoms with Gasteiger partial charge in [-0.05, 0) is 32.0 Å². The maximum absolute atomic E-state index is 11.0. The van der Waals surface area contributed by atoms with E-state index in [4.69, 9.17) is 9.84 Å². The Hall–Kier alpha value is -1.62. The maximum Gasteiger partial charge on any atom is 0.305 e. The molecule has 94 valence electrons. The van der Waals surface area contributed by atoms with E-state index in [1.807, 2.05) is 0 Å². The zero-order valence-electron chi connectivity index (χ0n) is 9.98. The molecular formula is C12H18N2O3. The Labute approximate surface area is 101 Å². The van der Waals surface area contributed by atoms with Gasteiger partial charge in [-0.3, -0.25) is 9.78 Å².